The van der Waals surface area contributed by atoms with Gasteiger partial charge in [-0.3, -0.25) is 4.79 Å². The van der Waals surface area contributed by atoms with Gasteiger partial charge in [0.2, 0.25) is 0 Å². The summed E-state index contributed by atoms with van der Waals surface area (Å²) in [6, 6.07) is 5.18. The van der Waals surface area contributed by atoms with Crippen molar-refractivity contribution in [2.24, 2.45) is 5.73 Å². The van der Waals surface area contributed by atoms with Gasteiger partial charge in [-0.2, -0.15) is 0 Å². The molecule has 2 rings (SSSR count). The van der Waals surface area contributed by atoms with Crippen LogP contribution in [-0.2, 0) is 4.74 Å². The molecule has 1 aromatic rings. The Morgan fingerprint density at radius 3 is 2.76 bits per heavy atom. The predicted octanol–water partition coefficient (Wildman–Crippen LogP) is 0.892. The van der Waals surface area contributed by atoms with Crippen molar-refractivity contribution in [3.63, 3.8) is 0 Å². The number of methoxy groups -OCH3 is 2. The fourth-order valence-electron chi connectivity index (χ4n) is 2.49. The lowest BCUT2D eigenvalue weighted by molar-refractivity contribution is -0.0626. The average molecular weight is 294 g/mol. The van der Waals surface area contributed by atoms with Gasteiger partial charge in [-0.1, -0.05) is 0 Å². The van der Waals surface area contributed by atoms with E-state index in [9.17, 15) is 4.79 Å². The van der Waals surface area contributed by atoms with Crippen LogP contribution in [0.1, 0.15) is 17.3 Å². The topological polar surface area (TPSA) is 74.0 Å². The predicted molar refractivity (Wildman–Crippen MR) is 78.8 cm³/mol. The number of nitrogens with two attached hydrogens (primary N) is 1. The van der Waals surface area contributed by atoms with Gasteiger partial charge in [-0.05, 0) is 19.1 Å². The molecule has 1 heterocycles. The molecule has 0 bridgehead atoms. The number of benzene rings is 1. The van der Waals surface area contributed by atoms with E-state index in [0.717, 1.165) is 0 Å². The summed E-state index contributed by atoms with van der Waals surface area (Å²) >= 11 is 0. The summed E-state index contributed by atoms with van der Waals surface area (Å²) in [4.78, 5) is 14.5. The second-order valence-electron chi connectivity index (χ2n) is 5.08. The molecule has 0 saturated carbocycles. The first-order chi connectivity index (χ1) is 10.1. The zero-order chi connectivity index (χ0) is 15.4. The number of carbonyl (C=O) groups excluding carboxylic acids is 1. The van der Waals surface area contributed by atoms with E-state index in [1.165, 1.54) is 7.11 Å². The normalized spacial score (nSPS) is 22.0. The van der Waals surface area contributed by atoms with Crippen LogP contribution in [0.4, 0.5) is 0 Å². The highest BCUT2D eigenvalue weighted by Gasteiger charge is 2.29. The Balaban J connectivity index is 2.22. The van der Waals surface area contributed by atoms with Crippen LogP contribution in [0.5, 0.6) is 11.5 Å². The van der Waals surface area contributed by atoms with Gasteiger partial charge in [-0.25, -0.2) is 0 Å². The summed E-state index contributed by atoms with van der Waals surface area (Å²) in [6.07, 6.45) is -0.151. The molecule has 0 spiro atoms. The number of morpholine rings is 1. The van der Waals surface area contributed by atoms with Crippen molar-refractivity contribution in [1.82, 2.24) is 4.90 Å². The zero-order valence-corrected chi connectivity index (χ0v) is 12.7. The summed E-state index contributed by atoms with van der Waals surface area (Å²) in [5.41, 5.74) is 6.17. The zero-order valence-electron chi connectivity index (χ0n) is 12.7. The monoisotopic (exact) mass is 294 g/mol. The summed E-state index contributed by atoms with van der Waals surface area (Å²) < 4.78 is 16.1. The maximum atomic E-state index is 12.7. The molecule has 0 aromatic heterocycles. The van der Waals surface area contributed by atoms with Gasteiger partial charge in [-0.15, -0.1) is 0 Å². The van der Waals surface area contributed by atoms with E-state index in [0.29, 0.717) is 36.7 Å². The number of carbonyl (C=O) groups is 1. The lowest BCUT2D eigenvalue weighted by atomic mass is 10.1. The summed E-state index contributed by atoms with van der Waals surface area (Å²) in [5, 5.41) is 0. The molecule has 2 unspecified atom stereocenters. The number of hydrogen-bond acceptors (Lipinski definition) is 5. The van der Waals surface area contributed by atoms with Gasteiger partial charge in [0.1, 0.15) is 11.5 Å². The van der Waals surface area contributed by atoms with Crippen LogP contribution in [0.2, 0.25) is 0 Å². The second-order valence-corrected chi connectivity index (χ2v) is 5.08. The molecule has 6 heteroatoms. The van der Waals surface area contributed by atoms with E-state index in [2.05, 4.69) is 0 Å². The van der Waals surface area contributed by atoms with Crippen LogP contribution in [0, 0.1) is 0 Å². The van der Waals surface area contributed by atoms with E-state index in [1.807, 2.05) is 6.92 Å². The van der Waals surface area contributed by atoms with Gasteiger partial charge >= 0.3 is 0 Å². The third-order valence-corrected chi connectivity index (χ3v) is 3.52. The maximum absolute atomic E-state index is 12.7. The Hall–Kier alpha value is -1.79. The first-order valence-electron chi connectivity index (χ1n) is 6.95. The van der Waals surface area contributed by atoms with Gasteiger partial charge in [0, 0.05) is 25.7 Å². The molecule has 1 saturated heterocycles. The van der Waals surface area contributed by atoms with Gasteiger partial charge in [0.25, 0.3) is 5.91 Å². The molecular formula is C15H22N2O4. The fraction of sp³-hybridized carbons (Fsp3) is 0.533. The van der Waals surface area contributed by atoms with E-state index >= 15 is 0 Å². The van der Waals surface area contributed by atoms with E-state index in [4.69, 9.17) is 19.9 Å². The molecule has 1 aliphatic rings. The van der Waals surface area contributed by atoms with Crippen molar-refractivity contribution >= 4 is 5.91 Å². The minimum atomic E-state index is -0.123. The molecule has 2 atom stereocenters. The highest BCUT2D eigenvalue weighted by molar-refractivity contribution is 5.97. The van der Waals surface area contributed by atoms with Crippen molar-refractivity contribution in [2.75, 3.05) is 33.9 Å². The molecule has 1 fully saturated rings. The van der Waals surface area contributed by atoms with Crippen molar-refractivity contribution < 1.29 is 19.0 Å². The molecule has 2 N–H and O–H groups in total. The Kier molecular flexibility index (Phi) is 5.03. The summed E-state index contributed by atoms with van der Waals surface area (Å²) in [5.74, 6) is 1.07. The molecular weight excluding hydrogens is 272 g/mol. The summed E-state index contributed by atoms with van der Waals surface area (Å²) in [7, 11) is 3.11. The minimum Gasteiger partial charge on any atom is -0.497 e. The number of amides is 1. The largest absolute Gasteiger partial charge is 0.497 e. The maximum Gasteiger partial charge on any atom is 0.257 e. The first-order valence-corrected chi connectivity index (χ1v) is 6.95. The quantitative estimate of drug-likeness (QED) is 0.893. The van der Waals surface area contributed by atoms with Gasteiger partial charge in [0.05, 0.1) is 32.0 Å². The highest BCUT2D eigenvalue weighted by atomic mass is 16.5. The Labute approximate surface area is 124 Å². The van der Waals surface area contributed by atoms with Crippen LogP contribution < -0.4 is 15.2 Å². The van der Waals surface area contributed by atoms with Crippen molar-refractivity contribution in [3.05, 3.63) is 23.8 Å². The molecule has 0 radical (unpaired) electrons. The summed E-state index contributed by atoms with van der Waals surface area (Å²) in [6.45, 7) is 3.38. The lowest BCUT2D eigenvalue weighted by Crippen LogP contribution is -2.51. The lowest BCUT2D eigenvalue weighted by Gasteiger charge is -2.36. The molecule has 1 aliphatic heterocycles. The number of rotatable bonds is 4. The standard InChI is InChI=1S/C15H22N2O4/c1-10-8-17(9-12(7-16)21-10)15(18)13-5-4-11(19-2)6-14(13)20-3/h4-6,10,12H,7-9,16H2,1-3H3. The Bertz CT molecular complexity index is 506. The molecule has 1 aromatic carbocycles. The smallest absolute Gasteiger partial charge is 0.257 e. The van der Waals surface area contributed by atoms with Crippen LogP contribution in [0.3, 0.4) is 0 Å². The molecule has 116 valence electrons. The number of hydrogen-bond donors (Lipinski definition) is 1. The minimum absolute atomic E-state index is 0.0273. The van der Waals surface area contributed by atoms with E-state index in [1.54, 1.807) is 30.2 Å². The van der Waals surface area contributed by atoms with Crippen molar-refractivity contribution in [3.8, 4) is 11.5 Å². The van der Waals surface area contributed by atoms with Gasteiger partial charge in [0.15, 0.2) is 0 Å². The van der Waals surface area contributed by atoms with Crippen molar-refractivity contribution in [1.29, 1.82) is 0 Å². The van der Waals surface area contributed by atoms with Crippen LogP contribution in [0.25, 0.3) is 0 Å². The molecule has 0 aliphatic carbocycles. The molecule has 21 heavy (non-hydrogen) atoms. The van der Waals surface area contributed by atoms with Crippen molar-refractivity contribution in [2.45, 2.75) is 19.1 Å². The third kappa shape index (κ3) is 3.46. The Morgan fingerprint density at radius 1 is 1.38 bits per heavy atom. The molecule has 6 nitrogen and oxygen atoms in total. The van der Waals surface area contributed by atoms with Crippen LogP contribution in [-0.4, -0.2) is 56.9 Å². The van der Waals surface area contributed by atoms with Gasteiger partial charge < -0.3 is 24.8 Å². The van der Waals surface area contributed by atoms with Crippen LogP contribution in [0.15, 0.2) is 18.2 Å². The number of ether oxygens (including phenoxy) is 3. The van der Waals surface area contributed by atoms with E-state index < -0.39 is 0 Å². The van der Waals surface area contributed by atoms with Crippen LogP contribution >= 0.6 is 0 Å². The highest BCUT2D eigenvalue weighted by Crippen LogP contribution is 2.26. The fourth-order valence-corrected chi connectivity index (χ4v) is 2.49. The SMILES string of the molecule is COc1ccc(C(=O)N2CC(C)OC(CN)C2)c(OC)c1. The second kappa shape index (κ2) is 6.78. The average Bonchev–Trinajstić information content (AvgIpc) is 2.52. The first kappa shape index (κ1) is 15.6. The van der Waals surface area contributed by atoms with E-state index in [-0.39, 0.29) is 18.1 Å². The third-order valence-electron chi connectivity index (χ3n) is 3.52. The number of nitrogens with zero attached hydrogens (tertiary/aromatic N) is 1. The Morgan fingerprint density at radius 2 is 2.14 bits per heavy atom. The molecule has 1 amide bonds.